The van der Waals surface area contributed by atoms with E-state index in [1.165, 1.54) is 19.2 Å². The van der Waals surface area contributed by atoms with E-state index in [9.17, 15) is 9.18 Å². The third-order valence-electron chi connectivity index (χ3n) is 5.23. The summed E-state index contributed by atoms with van der Waals surface area (Å²) in [6.07, 6.45) is 2.35. The molecule has 0 saturated carbocycles. The second-order valence-corrected chi connectivity index (χ2v) is 7.46. The lowest BCUT2D eigenvalue weighted by Gasteiger charge is -2.26. The van der Waals surface area contributed by atoms with Crippen LogP contribution in [0, 0.1) is 12.7 Å². The van der Waals surface area contributed by atoms with Gasteiger partial charge in [-0.15, -0.1) is 0 Å². The number of nitrogens with zero attached hydrogens (tertiary/aromatic N) is 3. The van der Waals surface area contributed by atoms with Crippen molar-refractivity contribution in [2.24, 2.45) is 0 Å². The number of hydroxylamine groups is 1. The van der Waals surface area contributed by atoms with Gasteiger partial charge in [0.05, 0.1) is 29.9 Å². The highest BCUT2D eigenvalue weighted by Gasteiger charge is 2.27. The minimum Gasteiger partial charge on any atom is -0.481 e. The highest BCUT2D eigenvalue weighted by Crippen LogP contribution is 2.38. The fourth-order valence-corrected chi connectivity index (χ4v) is 3.92. The van der Waals surface area contributed by atoms with Crippen LogP contribution in [-0.4, -0.2) is 39.7 Å². The first-order valence-electron chi connectivity index (χ1n) is 10.1. The number of hydrogen-bond acceptors (Lipinski definition) is 8. The standard InChI is InChI=1S/C23H22FN5O4/c1-12-22-18(28-23(25)26-12)8-13(9-19(22)29-33-11-21(30)31)15-7-6-14(24)10-16(15)17-4-3-5-20(27-17)32-2/h3-7,9-10,13,29H,8,11H2,1-2H3,(H,30,31)(H2,25,26,28). The van der Waals surface area contributed by atoms with Crippen LogP contribution in [0.25, 0.3) is 17.0 Å². The molecule has 0 aliphatic heterocycles. The number of nitrogens with one attached hydrogen (secondary N) is 1. The van der Waals surface area contributed by atoms with Gasteiger partial charge in [-0.3, -0.25) is 10.3 Å². The summed E-state index contributed by atoms with van der Waals surface area (Å²) in [7, 11) is 1.51. The normalized spacial score (nSPS) is 14.9. The number of allylic oxidation sites excluding steroid dienone is 1. The van der Waals surface area contributed by atoms with Crippen LogP contribution in [0.1, 0.15) is 28.4 Å². The monoisotopic (exact) mass is 451 g/mol. The van der Waals surface area contributed by atoms with Crippen LogP contribution < -0.4 is 16.0 Å². The number of halogens is 1. The largest absolute Gasteiger partial charge is 0.481 e. The number of pyridine rings is 1. The molecular formula is C23H22FN5O4. The SMILES string of the molecule is COc1cccc(-c2cc(F)ccc2C2C=C(NOCC(=O)O)c3c(C)nc(N)nc3C2)n1. The summed E-state index contributed by atoms with van der Waals surface area (Å²) in [5.74, 6) is -1.24. The highest BCUT2D eigenvalue weighted by molar-refractivity contribution is 5.74. The summed E-state index contributed by atoms with van der Waals surface area (Å²) in [4.78, 5) is 29.1. The van der Waals surface area contributed by atoms with Gasteiger partial charge in [-0.2, -0.15) is 0 Å². The molecule has 1 atom stereocenters. The number of nitrogens with two attached hydrogens (primary N) is 1. The summed E-state index contributed by atoms with van der Waals surface area (Å²) in [6, 6.07) is 9.78. The van der Waals surface area contributed by atoms with Crippen LogP contribution in [0.2, 0.25) is 0 Å². The molecular weight excluding hydrogens is 429 g/mol. The number of carboxylic acid groups (broad SMARTS) is 1. The molecule has 4 rings (SSSR count). The number of rotatable bonds is 7. The quantitative estimate of drug-likeness (QED) is 0.464. The van der Waals surface area contributed by atoms with E-state index in [2.05, 4.69) is 20.4 Å². The molecule has 2 aromatic heterocycles. The van der Waals surface area contributed by atoms with Gasteiger partial charge in [0.25, 0.3) is 0 Å². The van der Waals surface area contributed by atoms with E-state index in [1.54, 1.807) is 31.2 Å². The number of hydrogen-bond donors (Lipinski definition) is 3. The Bertz CT molecular complexity index is 1250. The van der Waals surface area contributed by atoms with Crippen LogP contribution in [-0.2, 0) is 16.1 Å². The molecule has 3 aromatic rings. The molecule has 0 spiro atoms. The van der Waals surface area contributed by atoms with Crippen molar-refractivity contribution in [3.63, 3.8) is 0 Å². The molecule has 1 aliphatic carbocycles. The van der Waals surface area contributed by atoms with Crippen molar-refractivity contribution in [1.29, 1.82) is 0 Å². The van der Waals surface area contributed by atoms with Crippen molar-refractivity contribution in [3.05, 3.63) is 70.8 Å². The smallest absolute Gasteiger partial charge is 0.332 e. The Labute approximate surface area is 189 Å². The lowest BCUT2D eigenvalue weighted by atomic mass is 9.83. The molecule has 2 heterocycles. The van der Waals surface area contributed by atoms with E-state index in [0.717, 1.165) is 5.56 Å². The molecule has 33 heavy (non-hydrogen) atoms. The van der Waals surface area contributed by atoms with Crippen LogP contribution in [0.15, 0.2) is 42.5 Å². The van der Waals surface area contributed by atoms with Crippen molar-refractivity contribution in [1.82, 2.24) is 20.4 Å². The topological polar surface area (TPSA) is 132 Å². The van der Waals surface area contributed by atoms with E-state index in [4.69, 9.17) is 20.4 Å². The van der Waals surface area contributed by atoms with Crippen molar-refractivity contribution in [3.8, 4) is 17.1 Å². The minimum absolute atomic E-state index is 0.131. The maximum Gasteiger partial charge on any atom is 0.332 e. The minimum atomic E-state index is -1.12. The third-order valence-corrected chi connectivity index (χ3v) is 5.23. The number of ether oxygens (including phenoxy) is 1. The fourth-order valence-electron chi connectivity index (χ4n) is 3.92. The van der Waals surface area contributed by atoms with E-state index in [-0.39, 0.29) is 11.9 Å². The number of aliphatic carboxylic acids is 1. The second-order valence-electron chi connectivity index (χ2n) is 7.46. The number of nitrogen functional groups attached to an aromatic ring is 1. The van der Waals surface area contributed by atoms with E-state index in [1.807, 2.05) is 6.08 Å². The predicted molar refractivity (Wildman–Crippen MR) is 119 cm³/mol. The molecule has 1 unspecified atom stereocenters. The van der Waals surface area contributed by atoms with E-state index in [0.29, 0.717) is 46.2 Å². The van der Waals surface area contributed by atoms with E-state index >= 15 is 0 Å². The fraction of sp³-hybridized carbons (Fsp3) is 0.217. The molecule has 0 fully saturated rings. The molecule has 0 bridgehead atoms. The first kappa shape index (κ1) is 22.2. The average Bonchev–Trinajstić information content (AvgIpc) is 2.78. The van der Waals surface area contributed by atoms with Gasteiger partial charge in [0.1, 0.15) is 5.82 Å². The van der Waals surface area contributed by atoms with Gasteiger partial charge in [-0.1, -0.05) is 18.2 Å². The lowest BCUT2D eigenvalue weighted by Crippen LogP contribution is -2.24. The molecule has 1 aromatic carbocycles. The number of aromatic nitrogens is 3. The second kappa shape index (κ2) is 9.21. The molecule has 9 nitrogen and oxygen atoms in total. The Balaban J connectivity index is 1.81. The van der Waals surface area contributed by atoms with Gasteiger partial charge in [-0.05, 0) is 30.7 Å². The van der Waals surface area contributed by atoms with Crippen LogP contribution in [0.5, 0.6) is 5.88 Å². The molecule has 1 aliphatic rings. The number of carbonyl (C=O) groups is 1. The van der Waals surface area contributed by atoms with Crippen LogP contribution in [0.4, 0.5) is 10.3 Å². The predicted octanol–water partition coefficient (Wildman–Crippen LogP) is 2.86. The zero-order valence-electron chi connectivity index (χ0n) is 18.0. The Morgan fingerprint density at radius 1 is 1.27 bits per heavy atom. The summed E-state index contributed by atoms with van der Waals surface area (Å²) in [5.41, 5.74) is 13.0. The van der Waals surface area contributed by atoms with Gasteiger partial charge in [0.2, 0.25) is 11.8 Å². The summed E-state index contributed by atoms with van der Waals surface area (Å²) >= 11 is 0. The van der Waals surface area contributed by atoms with Crippen molar-refractivity contribution in [2.75, 3.05) is 19.5 Å². The summed E-state index contributed by atoms with van der Waals surface area (Å²) in [5, 5.41) is 8.91. The lowest BCUT2D eigenvalue weighted by molar-refractivity contribution is -0.143. The van der Waals surface area contributed by atoms with Crippen LogP contribution in [0.3, 0.4) is 0 Å². The summed E-state index contributed by atoms with van der Waals surface area (Å²) in [6.45, 7) is 1.25. The number of carboxylic acids is 1. The summed E-state index contributed by atoms with van der Waals surface area (Å²) < 4.78 is 19.5. The average molecular weight is 451 g/mol. The molecule has 0 amide bonds. The Morgan fingerprint density at radius 3 is 2.85 bits per heavy atom. The molecule has 0 saturated heterocycles. The van der Waals surface area contributed by atoms with Crippen molar-refractivity contribution >= 4 is 17.6 Å². The number of aryl methyl sites for hydroxylation is 1. The Hall–Kier alpha value is -4.05. The highest BCUT2D eigenvalue weighted by atomic mass is 19.1. The Kier molecular flexibility index (Phi) is 6.18. The third kappa shape index (κ3) is 4.75. The zero-order valence-corrected chi connectivity index (χ0v) is 18.0. The molecule has 0 radical (unpaired) electrons. The first-order chi connectivity index (χ1) is 15.9. The maximum absolute atomic E-state index is 14.2. The van der Waals surface area contributed by atoms with Crippen molar-refractivity contribution in [2.45, 2.75) is 19.3 Å². The molecule has 10 heteroatoms. The van der Waals surface area contributed by atoms with Crippen molar-refractivity contribution < 1.29 is 23.9 Å². The Morgan fingerprint density at radius 2 is 2.09 bits per heavy atom. The first-order valence-corrected chi connectivity index (χ1v) is 10.1. The van der Waals surface area contributed by atoms with E-state index < -0.39 is 18.4 Å². The molecule has 170 valence electrons. The van der Waals surface area contributed by atoms with Gasteiger partial charge in [0, 0.05) is 29.5 Å². The van der Waals surface area contributed by atoms with Gasteiger partial charge in [0.15, 0.2) is 6.61 Å². The number of fused-ring (bicyclic) bond motifs is 1. The zero-order chi connectivity index (χ0) is 23.5. The van der Waals surface area contributed by atoms with Gasteiger partial charge < -0.3 is 15.6 Å². The number of methoxy groups -OCH3 is 1. The van der Waals surface area contributed by atoms with Gasteiger partial charge >= 0.3 is 5.97 Å². The number of anilines is 1. The van der Waals surface area contributed by atoms with Crippen LogP contribution >= 0.6 is 0 Å². The van der Waals surface area contributed by atoms with Gasteiger partial charge in [-0.25, -0.2) is 24.1 Å². The number of benzene rings is 1. The maximum atomic E-state index is 14.2. The molecule has 4 N–H and O–H groups in total.